The smallest absolute Gasteiger partial charge is 0.407 e. The maximum Gasteiger partial charge on any atom is 0.407 e. The van der Waals surface area contributed by atoms with E-state index in [0.29, 0.717) is 37.6 Å². The third kappa shape index (κ3) is 5.17. The topological polar surface area (TPSA) is 105 Å². The first-order valence-electron chi connectivity index (χ1n) is 13.7. The third-order valence-corrected chi connectivity index (χ3v) is 7.58. The number of hydrogen-bond donors (Lipinski definition) is 2. The third-order valence-electron chi connectivity index (χ3n) is 7.58. The predicted molar refractivity (Wildman–Crippen MR) is 156 cm³/mol. The van der Waals surface area contributed by atoms with Crippen molar-refractivity contribution in [1.82, 2.24) is 19.8 Å². The zero-order valence-electron chi connectivity index (χ0n) is 24.1. The standard InChI is InChI=1S/C31H36N4O6/c1-6-32-30(36)40-17-22-23(18-41-31(37)33-7-2)29(19-12-13-27(38-4)28(14-19)39-5)35-16-26-21(15-25(22)35)20-10-8-9-11-24(20)34(26)3/h8-14H,6-7,15-18H2,1-5H3,(H,32,36)(H,33,37). The van der Waals surface area contributed by atoms with E-state index in [0.717, 1.165) is 33.6 Å². The second-order valence-electron chi connectivity index (χ2n) is 9.80. The molecule has 2 aromatic carbocycles. The van der Waals surface area contributed by atoms with Gasteiger partial charge in [0.2, 0.25) is 0 Å². The second kappa shape index (κ2) is 11.9. The Morgan fingerprint density at radius 2 is 1.51 bits per heavy atom. The van der Waals surface area contributed by atoms with Gasteiger partial charge in [0.15, 0.2) is 11.5 Å². The van der Waals surface area contributed by atoms with Gasteiger partial charge in [0.05, 0.1) is 26.5 Å². The first kappa shape index (κ1) is 27.9. The quantitative estimate of drug-likeness (QED) is 0.260. The van der Waals surface area contributed by atoms with E-state index in [1.54, 1.807) is 14.2 Å². The molecule has 10 nitrogen and oxygen atoms in total. The highest BCUT2D eigenvalue weighted by Gasteiger charge is 2.32. The van der Waals surface area contributed by atoms with Crippen LogP contribution in [0.4, 0.5) is 9.59 Å². The normalized spacial score (nSPS) is 11.9. The summed E-state index contributed by atoms with van der Waals surface area (Å²) in [5.41, 5.74) is 7.95. The van der Waals surface area contributed by atoms with Gasteiger partial charge in [0, 0.05) is 65.5 Å². The number of hydrogen-bond acceptors (Lipinski definition) is 6. The molecule has 1 aliphatic rings. The Morgan fingerprint density at radius 3 is 2.17 bits per heavy atom. The maximum absolute atomic E-state index is 12.4. The number of para-hydroxylation sites is 1. The minimum atomic E-state index is -0.514. The van der Waals surface area contributed by atoms with Crippen LogP contribution in [0.5, 0.6) is 11.5 Å². The van der Waals surface area contributed by atoms with Crippen molar-refractivity contribution in [1.29, 1.82) is 0 Å². The predicted octanol–water partition coefficient (Wildman–Crippen LogP) is 5.11. The lowest BCUT2D eigenvalue weighted by Gasteiger charge is -2.22. The summed E-state index contributed by atoms with van der Waals surface area (Å²) in [5, 5.41) is 6.58. The Morgan fingerprint density at radius 1 is 0.854 bits per heavy atom. The van der Waals surface area contributed by atoms with Crippen LogP contribution in [0.3, 0.4) is 0 Å². The molecule has 0 unspecified atom stereocenters. The molecule has 0 radical (unpaired) electrons. The summed E-state index contributed by atoms with van der Waals surface area (Å²) in [6, 6.07) is 14.1. The molecular formula is C31H36N4O6. The first-order valence-corrected chi connectivity index (χ1v) is 13.7. The molecular weight excluding hydrogens is 524 g/mol. The van der Waals surface area contributed by atoms with Gasteiger partial charge >= 0.3 is 12.2 Å². The molecule has 0 bridgehead atoms. The van der Waals surface area contributed by atoms with Crippen LogP contribution in [0, 0.1) is 0 Å². The first-order chi connectivity index (χ1) is 19.9. The average molecular weight is 561 g/mol. The Hall–Kier alpha value is -4.60. The molecule has 216 valence electrons. The number of benzene rings is 2. The number of nitrogens with zero attached hydrogens (tertiary/aromatic N) is 2. The van der Waals surface area contributed by atoms with Crippen molar-refractivity contribution in [3.05, 3.63) is 70.5 Å². The zero-order chi connectivity index (χ0) is 29.1. The van der Waals surface area contributed by atoms with Gasteiger partial charge in [-0.25, -0.2) is 9.59 Å². The van der Waals surface area contributed by atoms with Gasteiger partial charge in [-0.3, -0.25) is 0 Å². The molecule has 2 N–H and O–H groups in total. The SMILES string of the molecule is CCNC(=O)OCc1c(COC(=O)NCC)c(-c2ccc(OC)c(OC)c2)n2c1Cc1c(n(C)c3ccccc13)C2. The van der Waals surface area contributed by atoms with Crippen LogP contribution >= 0.6 is 0 Å². The van der Waals surface area contributed by atoms with Gasteiger partial charge in [0.1, 0.15) is 13.2 Å². The Bertz CT molecular complexity index is 1600. The van der Waals surface area contributed by atoms with Crippen LogP contribution in [0.15, 0.2) is 42.5 Å². The number of carbonyl (C=O) groups is 2. The molecule has 0 fully saturated rings. The minimum Gasteiger partial charge on any atom is -0.493 e. The molecule has 1 aliphatic heterocycles. The minimum absolute atomic E-state index is 0.000689. The van der Waals surface area contributed by atoms with Crippen LogP contribution in [-0.2, 0) is 42.7 Å². The van der Waals surface area contributed by atoms with Gasteiger partial charge in [-0.2, -0.15) is 0 Å². The van der Waals surface area contributed by atoms with Crippen molar-refractivity contribution in [3.63, 3.8) is 0 Å². The van der Waals surface area contributed by atoms with Crippen molar-refractivity contribution in [2.24, 2.45) is 7.05 Å². The number of nitrogens with one attached hydrogen (secondary N) is 2. The van der Waals surface area contributed by atoms with E-state index in [4.69, 9.17) is 18.9 Å². The second-order valence-corrected chi connectivity index (χ2v) is 9.80. The highest BCUT2D eigenvalue weighted by atomic mass is 16.6. The number of rotatable bonds is 9. The van der Waals surface area contributed by atoms with E-state index < -0.39 is 12.2 Å². The fourth-order valence-corrected chi connectivity index (χ4v) is 5.70. The summed E-state index contributed by atoms with van der Waals surface area (Å²) in [4.78, 5) is 24.8. The molecule has 2 amide bonds. The number of alkyl carbamates (subject to hydrolysis) is 2. The zero-order valence-corrected chi connectivity index (χ0v) is 24.1. The van der Waals surface area contributed by atoms with E-state index >= 15 is 0 Å². The van der Waals surface area contributed by atoms with Crippen molar-refractivity contribution < 1.29 is 28.5 Å². The van der Waals surface area contributed by atoms with Gasteiger partial charge < -0.3 is 38.7 Å². The summed E-state index contributed by atoms with van der Waals surface area (Å²) in [6.07, 6.45) is -0.385. The molecule has 3 heterocycles. The summed E-state index contributed by atoms with van der Waals surface area (Å²) in [6.45, 7) is 5.20. The number of aromatic nitrogens is 2. The fourth-order valence-electron chi connectivity index (χ4n) is 5.70. The lowest BCUT2D eigenvalue weighted by Crippen LogP contribution is -2.24. The summed E-state index contributed by atoms with van der Waals surface area (Å²) >= 11 is 0. The summed E-state index contributed by atoms with van der Waals surface area (Å²) in [7, 11) is 5.28. The lowest BCUT2D eigenvalue weighted by molar-refractivity contribution is 0.132. The maximum atomic E-state index is 12.4. The van der Waals surface area contributed by atoms with Crippen molar-refractivity contribution in [3.8, 4) is 22.8 Å². The van der Waals surface area contributed by atoms with Crippen molar-refractivity contribution >= 4 is 23.1 Å². The number of carbonyl (C=O) groups excluding carboxylic acids is 2. The van der Waals surface area contributed by atoms with E-state index in [1.165, 1.54) is 16.6 Å². The number of aryl methyl sites for hydroxylation is 1. The van der Waals surface area contributed by atoms with Crippen LogP contribution in [0.1, 0.15) is 41.9 Å². The number of ether oxygens (including phenoxy) is 4. The van der Waals surface area contributed by atoms with E-state index in [1.807, 2.05) is 38.1 Å². The number of methoxy groups -OCH3 is 2. The van der Waals surface area contributed by atoms with Crippen molar-refractivity contribution in [2.45, 2.75) is 40.0 Å². The number of fused-ring (bicyclic) bond motifs is 4. The van der Waals surface area contributed by atoms with Gasteiger partial charge in [-0.15, -0.1) is 0 Å². The molecule has 0 atom stereocenters. The van der Waals surface area contributed by atoms with Gasteiger partial charge in [0.25, 0.3) is 0 Å². The number of amides is 2. The van der Waals surface area contributed by atoms with Gasteiger partial charge in [-0.05, 0) is 43.7 Å². The van der Waals surface area contributed by atoms with Crippen molar-refractivity contribution in [2.75, 3.05) is 27.3 Å². The Balaban J connectivity index is 1.71. The molecule has 10 heteroatoms. The van der Waals surface area contributed by atoms with Crippen LogP contribution in [-0.4, -0.2) is 48.6 Å². The molecule has 4 aromatic rings. The van der Waals surface area contributed by atoms with E-state index in [-0.39, 0.29) is 13.2 Å². The molecule has 2 aromatic heterocycles. The highest BCUT2D eigenvalue weighted by molar-refractivity contribution is 5.87. The molecule has 0 saturated carbocycles. The molecule has 5 rings (SSSR count). The monoisotopic (exact) mass is 560 g/mol. The van der Waals surface area contributed by atoms with Crippen LogP contribution in [0.2, 0.25) is 0 Å². The fraction of sp³-hybridized carbons (Fsp3) is 0.355. The molecule has 0 saturated heterocycles. The largest absolute Gasteiger partial charge is 0.493 e. The van der Waals surface area contributed by atoms with E-state index in [9.17, 15) is 9.59 Å². The molecule has 0 spiro atoms. The summed E-state index contributed by atoms with van der Waals surface area (Å²) < 4.78 is 26.9. The average Bonchev–Trinajstić information content (AvgIpc) is 3.44. The highest BCUT2D eigenvalue weighted by Crippen LogP contribution is 2.42. The van der Waals surface area contributed by atoms with Gasteiger partial charge in [-0.1, -0.05) is 18.2 Å². The molecule has 41 heavy (non-hydrogen) atoms. The van der Waals surface area contributed by atoms with Crippen LogP contribution < -0.4 is 20.1 Å². The lowest BCUT2D eigenvalue weighted by atomic mass is 9.99. The summed E-state index contributed by atoms with van der Waals surface area (Å²) in [5.74, 6) is 1.19. The van der Waals surface area contributed by atoms with Crippen LogP contribution in [0.25, 0.3) is 22.2 Å². The van der Waals surface area contributed by atoms with E-state index in [2.05, 4.69) is 45.0 Å². The Labute approximate surface area is 239 Å². The molecule has 0 aliphatic carbocycles. The Kier molecular flexibility index (Phi) is 8.09.